The van der Waals surface area contributed by atoms with E-state index in [0.717, 1.165) is 12.8 Å². The van der Waals surface area contributed by atoms with Crippen LogP contribution in [0.15, 0.2) is 0 Å². The second-order valence-corrected chi connectivity index (χ2v) is 8.45. The smallest absolute Gasteiger partial charge is 0.223 e. The van der Waals surface area contributed by atoms with Crippen molar-refractivity contribution in [2.75, 3.05) is 25.4 Å². The molecule has 0 aromatic heterocycles. The lowest BCUT2D eigenvalue weighted by Crippen LogP contribution is -2.49. The van der Waals surface area contributed by atoms with Crippen molar-refractivity contribution < 1.29 is 13.2 Å². The van der Waals surface area contributed by atoms with Crippen molar-refractivity contribution >= 4 is 15.9 Å². The average Bonchev–Trinajstić information content (AvgIpc) is 2.43. The first-order valence-electron chi connectivity index (χ1n) is 7.87. The number of nitrogens with one attached hydrogen (secondary N) is 1. The Kier molecular flexibility index (Phi) is 5.27. The van der Waals surface area contributed by atoms with Crippen LogP contribution in [0.4, 0.5) is 0 Å². The van der Waals surface area contributed by atoms with Gasteiger partial charge >= 0.3 is 0 Å². The van der Waals surface area contributed by atoms with Crippen LogP contribution in [0.25, 0.3) is 0 Å². The first kappa shape index (κ1) is 16.7. The van der Waals surface area contributed by atoms with E-state index >= 15 is 0 Å². The minimum absolute atomic E-state index is 0.0360. The zero-order chi connectivity index (χ0) is 15.5. The van der Waals surface area contributed by atoms with E-state index in [1.54, 1.807) is 6.92 Å². The van der Waals surface area contributed by atoms with Gasteiger partial charge in [-0.15, -0.1) is 0 Å². The van der Waals surface area contributed by atoms with Gasteiger partial charge < -0.3 is 10.6 Å². The lowest BCUT2D eigenvalue weighted by Gasteiger charge is -2.42. The quantitative estimate of drug-likeness (QED) is 0.743. The molecule has 0 atom stereocenters. The van der Waals surface area contributed by atoms with Gasteiger partial charge in [-0.3, -0.25) is 4.79 Å². The number of likely N-dealkylation sites (tertiary alicyclic amines) is 1. The molecular formula is C14H27N3O3S. The van der Waals surface area contributed by atoms with Gasteiger partial charge in [0.05, 0.1) is 5.75 Å². The van der Waals surface area contributed by atoms with E-state index in [0.29, 0.717) is 38.9 Å². The first-order valence-corrected chi connectivity index (χ1v) is 9.53. The molecule has 1 aliphatic heterocycles. The highest BCUT2D eigenvalue weighted by molar-refractivity contribution is 7.89. The third-order valence-corrected chi connectivity index (χ3v) is 6.40. The van der Waals surface area contributed by atoms with E-state index in [9.17, 15) is 13.2 Å². The van der Waals surface area contributed by atoms with Crippen LogP contribution in [0.3, 0.4) is 0 Å². The molecule has 6 nitrogen and oxygen atoms in total. The van der Waals surface area contributed by atoms with Crippen molar-refractivity contribution in [1.82, 2.24) is 9.62 Å². The number of nitrogens with zero attached hydrogens (tertiary/aromatic N) is 1. The summed E-state index contributed by atoms with van der Waals surface area (Å²) in [5.41, 5.74) is 5.85. The van der Waals surface area contributed by atoms with Gasteiger partial charge in [-0.1, -0.05) is 6.42 Å². The summed E-state index contributed by atoms with van der Waals surface area (Å²) in [5, 5.41) is 0. The Morgan fingerprint density at radius 3 is 2.38 bits per heavy atom. The topological polar surface area (TPSA) is 92.5 Å². The molecule has 2 fully saturated rings. The number of sulfonamides is 1. The predicted octanol–water partition coefficient (Wildman–Crippen LogP) is 0.436. The van der Waals surface area contributed by atoms with Crippen molar-refractivity contribution in [3.63, 3.8) is 0 Å². The van der Waals surface area contributed by atoms with E-state index in [1.165, 1.54) is 6.42 Å². The number of carbonyl (C=O) groups is 1. The predicted molar refractivity (Wildman–Crippen MR) is 82.2 cm³/mol. The largest absolute Gasteiger partial charge is 0.343 e. The molecule has 7 heteroatoms. The van der Waals surface area contributed by atoms with Crippen molar-refractivity contribution in [3.05, 3.63) is 0 Å². The normalized spacial score (nSPS) is 22.9. The molecule has 1 saturated carbocycles. The molecule has 1 aliphatic carbocycles. The lowest BCUT2D eigenvalue weighted by molar-refractivity contribution is -0.136. The van der Waals surface area contributed by atoms with E-state index < -0.39 is 10.0 Å². The summed E-state index contributed by atoms with van der Waals surface area (Å²) in [6.07, 6.45) is 5.23. The van der Waals surface area contributed by atoms with Crippen LogP contribution in [0.1, 0.15) is 45.4 Å². The van der Waals surface area contributed by atoms with Crippen LogP contribution in [0.5, 0.6) is 0 Å². The maximum atomic E-state index is 12.3. The molecule has 0 bridgehead atoms. The maximum absolute atomic E-state index is 12.3. The molecule has 2 aliphatic rings. The molecule has 21 heavy (non-hydrogen) atoms. The highest BCUT2D eigenvalue weighted by Gasteiger charge is 2.39. The number of piperidine rings is 1. The highest BCUT2D eigenvalue weighted by atomic mass is 32.2. The molecule has 1 amide bonds. The van der Waals surface area contributed by atoms with Crippen LogP contribution in [-0.4, -0.2) is 50.7 Å². The number of rotatable bonds is 6. The molecular weight excluding hydrogens is 290 g/mol. The Morgan fingerprint density at radius 2 is 1.95 bits per heavy atom. The fraction of sp³-hybridized carbons (Fsp3) is 0.929. The zero-order valence-electron chi connectivity index (χ0n) is 12.8. The van der Waals surface area contributed by atoms with Gasteiger partial charge in [0.25, 0.3) is 0 Å². The summed E-state index contributed by atoms with van der Waals surface area (Å²) in [5.74, 6) is 0.280. The van der Waals surface area contributed by atoms with E-state index in [2.05, 4.69) is 4.72 Å². The molecule has 122 valence electrons. The van der Waals surface area contributed by atoms with Crippen LogP contribution in [-0.2, 0) is 14.8 Å². The fourth-order valence-electron chi connectivity index (χ4n) is 3.15. The highest BCUT2D eigenvalue weighted by Crippen LogP contribution is 2.43. The summed E-state index contributed by atoms with van der Waals surface area (Å²) in [6.45, 7) is 3.49. The Morgan fingerprint density at radius 1 is 1.33 bits per heavy atom. The summed E-state index contributed by atoms with van der Waals surface area (Å²) >= 11 is 0. The summed E-state index contributed by atoms with van der Waals surface area (Å²) < 4.78 is 25.8. The monoisotopic (exact) mass is 317 g/mol. The summed E-state index contributed by atoms with van der Waals surface area (Å²) in [4.78, 5) is 14.2. The van der Waals surface area contributed by atoms with Gasteiger partial charge in [-0.05, 0) is 44.6 Å². The van der Waals surface area contributed by atoms with Crippen molar-refractivity contribution in [1.29, 1.82) is 0 Å². The van der Waals surface area contributed by atoms with Gasteiger partial charge in [-0.2, -0.15) is 0 Å². The number of hydrogen-bond donors (Lipinski definition) is 2. The Hall–Kier alpha value is -0.660. The molecule has 2 rings (SSSR count). The zero-order valence-corrected chi connectivity index (χ0v) is 13.6. The molecule has 0 unspecified atom stereocenters. The second-order valence-electron chi connectivity index (χ2n) is 6.41. The van der Waals surface area contributed by atoms with Crippen LogP contribution < -0.4 is 10.5 Å². The van der Waals surface area contributed by atoms with Crippen LogP contribution >= 0.6 is 0 Å². The van der Waals surface area contributed by atoms with E-state index in [1.807, 2.05) is 4.90 Å². The Balaban J connectivity index is 1.79. The van der Waals surface area contributed by atoms with Crippen molar-refractivity contribution in [2.45, 2.75) is 51.5 Å². The van der Waals surface area contributed by atoms with Crippen molar-refractivity contribution in [2.24, 2.45) is 11.1 Å². The third kappa shape index (κ3) is 4.17. The van der Waals surface area contributed by atoms with Crippen LogP contribution in [0.2, 0.25) is 0 Å². The van der Waals surface area contributed by atoms with Crippen LogP contribution in [0, 0.1) is 5.41 Å². The Labute approximate surface area is 127 Å². The fourth-order valence-corrected chi connectivity index (χ4v) is 4.06. The van der Waals surface area contributed by atoms with Crippen molar-refractivity contribution in [3.8, 4) is 0 Å². The Bertz CT molecular complexity index is 460. The molecule has 0 aromatic rings. The van der Waals surface area contributed by atoms with Gasteiger partial charge in [0, 0.05) is 25.6 Å². The average molecular weight is 317 g/mol. The van der Waals surface area contributed by atoms with Gasteiger partial charge in [0.2, 0.25) is 15.9 Å². The van der Waals surface area contributed by atoms with Gasteiger partial charge in [0.15, 0.2) is 0 Å². The van der Waals surface area contributed by atoms with E-state index in [4.69, 9.17) is 5.73 Å². The number of carbonyl (C=O) groups excluding carboxylic acids is 1. The first-order chi connectivity index (χ1) is 9.90. The third-order valence-electron chi connectivity index (χ3n) is 4.95. The second kappa shape index (κ2) is 6.62. The SMILES string of the molecule is CCS(=O)(=O)NC1CCN(C(=O)CC2(CN)CCC2)CC1. The molecule has 3 N–H and O–H groups in total. The van der Waals surface area contributed by atoms with Gasteiger partial charge in [-0.25, -0.2) is 13.1 Å². The number of hydrogen-bond acceptors (Lipinski definition) is 4. The summed E-state index contributed by atoms with van der Waals surface area (Å²) in [7, 11) is -3.15. The van der Waals surface area contributed by atoms with Gasteiger partial charge in [0.1, 0.15) is 0 Å². The molecule has 0 radical (unpaired) electrons. The molecule has 0 aromatic carbocycles. The molecule has 0 spiro atoms. The minimum atomic E-state index is -3.15. The lowest BCUT2D eigenvalue weighted by atomic mass is 9.66. The minimum Gasteiger partial charge on any atom is -0.343 e. The van der Waals surface area contributed by atoms with E-state index in [-0.39, 0.29) is 23.1 Å². The summed E-state index contributed by atoms with van der Waals surface area (Å²) in [6, 6.07) is -0.0360. The maximum Gasteiger partial charge on any atom is 0.223 e. The molecule has 1 heterocycles. The number of amides is 1. The number of nitrogens with two attached hydrogens (primary N) is 1. The standard InChI is InChI=1S/C14H27N3O3S/c1-2-21(19,20)16-12-4-8-17(9-5-12)13(18)10-14(11-15)6-3-7-14/h12,16H,2-11,15H2,1H3. The molecule has 1 saturated heterocycles.